The van der Waals surface area contributed by atoms with Crippen LogP contribution in [0.2, 0.25) is 0 Å². The third-order valence-corrected chi connectivity index (χ3v) is 5.79. The van der Waals surface area contributed by atoms with Crippen molar-refractivity contribution in [2.24, 2.45) is 0 Å². The van der Waals surface area contributed by atoms with Gasteiger partial charge in [0.1, 0.15) is 11.6 Å². The summed E-state index contributed by atoms with van der Waals surface area (Å²) in [6, 6.07) is 10.9. The molecule has 0 unspecified atom stereocenters. The van der Waals surface area contributed by atoms with Gasteiger partial charge in [-0.2, -0.15) is 0 Å². The van der Waals surface area contributed by atoms with Crippen LogP contribution in [-0.4, -0.2) is 37.8 Å². The molecule has 4 nitrogen and oxygen atoms in total. The molecule has 1 aliphatic heterocycles. The van der Waals surface area contributed by atoms with Crippen molar-refractivity contribution in [2.45, 2.75) is 45.1 Å². The van der Waals surface area contributed by atoms with E-state index in [-0.39, 0.29) is 23.4 Å². The maximum Gasteiger partial charge on any atom is 0.220 e. The first kappa shape index (κ1) is 21.2. The van der Waals surface area contributed by atoms with E-state index < -0.39 is 0 Å². The highest BCUT2D eigenvalue weighted by Gasteiger charge is 2.32. The number of hydrogen-bond acceptors (Lipinski definition) is 3. The van der Waals surface area contributed by atoms with E-state index in [1.54, 1.807) is 31.4 Å². The molecule has 2 aromatic carbocycles. The summed E-state index contributed by atoms with van der Waals surface area (Å²) in [6.07, 6.45) is 5.03. The van der Waals surface area contributed by atoms with Crippen LogP contribution in [-0.2, 0) is 6.42 Å². The number of Topliss-reactive ketones (excluding diaryl/α,β-unsaturated/α-hetero) is 2. The van der Waals surface area contributed by atoms with E-state index in [0.29, 0.717) is 23.3 Å². The molecule has 1 saturated heterocycles. The van der Waals surface area contributed by atoms with Crippen molar-refractivity contribution in [3.63, 3.8) is 0 Å². The minimum atomic E-state index is -0.351. The molecule has 1 heterocycles. The zero-order valence-corrected chi connectivity index (χ0v) is 17.2. The van der Waals surface area contributed by atoms with Crippen molar-refractivity contribution in [1.29, 1.82) is 0 Å². The summed E-state index contributed by atoms with van der Waals surface area (Å²) in [5.74, 6) is 0.326. The standard InChI is InChI=1S/C24H28FNO3/c1-17(27)19-9-12-23(29-2)20(15-19)16-22(26-13-5-3-4-6-14-26)24(28)18-7-10-21(25)11-8-18/h7-12,15,22H,3-6,13-14,16H2,1-2H3/p+1/t22-/m1/s1. The number of quaternary nitrogens is 1. The maximum absolute atomic E-state index is 13.4. The zero-order chi connectivity index (χ0) is 20.8. The summed E-state index contributed by atoms with van der Waals surface area (Å²) in [5, 5.41) is 0. The van der Waals surface area contributed by atoms with Crippen LogP contribution >= 0.6 is 0 Å². The molecule has 0 radical (unpaired) electrons. The van der Waals surface area contributed by atoms with Crippen molar-refractivity contribution in [3.05, 3.63) is 65.0 Å². The third kappa shape index (κ3) is 5.30. The molecule has 1 N–H and O–H groups in total. The molecule has 0 saturated carbocycles. The largest absolute Gasteiger partial charge is 0.496 e. The normalized spacial score (nSPS) is 16.1. The lowest BCUT2D eigenvalue weighted by Gasteiger charge is -2.27. The van der Waals surface area contributed by atoms with Gasteiger partial charge in [-0.15, -0.1) is 0 Å². The average Bonchev–Trinajstić information content (AvgIpc) is 3.01. The van der Waals surface area contributed by atoms with Crippen molar-refractivity contribution < 1.29 is 23.6 Å². The first-order valence-corrected chi connectivity index (χ1v) is 10.3. The van der Waals surface area contributed by atoms with Gasteiger partial charge in [-0.1, -0.05) is 0 Å². The van der Waals surface area contributed by atoms with Crippen LogP contribution in [0.1, 0.15) is 58.9 Å². The fourth-order valence-corrected chi connectivity index (χ4v) is 4.15. The Morgan fingerprint density at radius 1 is 1.00 bits per heavy atom. The summed E-state index contributed by atoms with van der Waals surface area (Å²) >= 11 is 0. The Morgan fingerprint density at radius 2 is 1.62 bits per heavy atom. The van der Waals surface area contributed by atoms with E-state index in [0.717, 1.165) is 31.5 Å². The summed E-state index contributed by atoms with van der Waals surface area (Å²) in [6.45, 7) is 3.41. The summed E-state index contributed by atoms with van der Waals surface area (Å²) in [4.78, 5) is 26.6. The summed E-state index contributed by atoms with van der Waals surface area (Å²) < 4.78 is 18.9. The second-order valence-corrected chi connectivity index (χ2v) is 7.78. The van der Waals surface area contributed by atoms with Gasteiger partial charge in [0.25, 0.3) is 0 Å². The second-order valence-electron chi connectivity index (χ2n) is 7.78. The molecule has 0 aliphatic carbocycles. The van der Waals surface area contributed by atoms with Gasteiger partial charge < -0.3 is 9.64 Å². The Kier molecular flexibility index (Phi) is 7.15. The molecule has 29 heavy (non-hydrogen) atoms. The third-order valence-electron chi connectivity index (χ3n) is 5.79. The van der Waals surface area contributed by atoms with Crippen molar-refractivity contribution in [1.82, 2.24) is 0 Å². The van der Waals surface area contributed by atoms with Gasteiger partial charge in [0.2, 0.25) is 5.78 Å². The number of methoxy groups -OCH3 is 1. The van der Waals surface area contributed by atoms with E-state index in [1.165, 1.54) is 36.8 Å². The number of benzene rings is 2. The number of likely N-dealkylation sites (tertiary alicyclic amines) is 1. The molecular formula is C24H29FNO3+. The van der Waals surface area contributed by atoms with E-state index in [9.17, 15) is 14.0 Å². The molecule has 3 rings (SSSR count). The van der Waals surface area contributed by atoms with Gasteiger partial charge in [0.05, 0.1) is 20.2 Å². The van der Waals surface area contributed by atoms with Crippen molar-refractivity contribution in [2.75, 3.05) is 20.2 Å². The molecule has 0 spiro atoms. The highest BCUT2D eigenvalue weighted by molar-refractivity contribution is 5.99. The molecular weight excluding hydrogens is 369 g/mol. The number of ketones is 2. The van der Waals surface area contributed by atoms with E-state index in [1.807, 2.05) is 6.07 Å². The van der Waals surface area contributed by atoms with Crippen LogP contribution in [0.3, 0.4) is 0 Å². The lowest BCUT2D eigenvalue weighted by molar-refractivity contribution is -0.914. The molecule has 154 valence electrons. The quantitative estimate of drug-likeness (QED) is 0.728. The van der Waals surface area contributed by atoms with Crippen LogP contribution in [0.15, 0.2) is 42.5 Å². The van der Waals surface area contributed by atoms with Crippen LogP contribution in [0.5, 0.6) is 5.75 Å². The second kappa shape index (κ2) is 9.79. The number of carbonyl (C=O) groups is 2. The Balaban J connectivity index is 1.96. The zero-order valence-electron chi connectivity index (χ0n) is 17.2. The average molecular weight is 398 g/mol. The van der Waals surface area contributed by atoms with E-state index >= 15 is 0 Å². The van der Waals surface area contributed by atoms with E-state index in [4.69, 9.17) is 4.74 Å². The van der Waals surface area contributed by atoms with Gasteiger partial charge >= 0.3 is 0 Å². The Morgan fingerprint density at radius 3 is 2.21 bits per heavy atom. The van der Waals surface area contributed by atoms with Crippen LogP contribution in [0.4, 0.5) is 4.39 Å². The summed E-state index contributed by atoms with van der Waals surface area (Å²) in [5.41, 5.74) is 1.99. The highest BCUT2D eigenvalue weighted by atomic mass is 19.1. The molecule has 1 atom stereocenters. The van der Waals surface area contributed by atoms with Gasteiger partial charge in [-0.3, -0.25) is 9.59 Å². The molecule has 1 fully saturated rings. The SMILES string of the molecule is COc1ccc(C(C)=O)cc1C[C@H](C(=O)c1ccc(F)cc1)[NH+]1CCCCCC1. The molecule has 0 aromatic heterocycles. The van der Waals surface area contributed by atoms with Gasteiger partial charge in [-0.25, -0.2) is 4.39 Å². The Hall–Kier alpha value is -2.53. The van der Waals surface area contributed by atoms with E-state index in [2.05, 4.69) is 0 Å². The van der Waals surface area contributed by atoms with Gasteiger partial charge in [-0.05, 0) is 75.1 Å². The number of carbonyl (C=O) groups excluding carboxylic acids is 2. The van der Waals surface area contributed by atoms with Crippen molar-refractivity contribution >= 4 is 11.6 Å². The van der Waals surface area contributed by atoms with Gasteiger partial charge in [0, 0.05) is 23.1 Å². The summed E-state index contributed by atoms with van der Waals surface area (Å²) in [7, 11) is 1.60. The molecule has 1 aliphatic rings. The Labute approximate surface area is 171 Å². The van der Waals surface area contributed by atoms with Crippen molar-refractivity contribution in [3.8, 4) is 5.75 Å². The highest BCUT2D eigenvalue weighted by Crippen LogP contribution is 2.22. The number of rotatable bonds is 7. The van der Waals surface area contributed by atoms with Crippen LogP contribution in [0.25, 0.3) is 0 Å². The minimum absolute atomic E-state index is 0.0113. The number of halogens is 1. The molecule has 5 heteroatoms. The first-order chi connectivity index (χ1) is 14.0. The number of ether oxygens (including phenoxy) is 1. The smallest absolute Gasteiger partial charge is 0.220 e. The van der Waals surface area contributed by atoms with Crippen LogP contribution in [0, 0.1) is 5.82 Å². The molecule has 0 amide bonds. The lowest BCUT2D eigenvalue weighted by Crippen LogP contribution is -3.17. The topological polar surface area (TPSA) is 47.8 Å². The minimum Gasteiger partial charge on any atom is -0.496 e. The van der Waals surface area contributed by atoms with Gasteiger partial charge in [0.15, 0.2) is 11.8 Å². The fourth-order valence-electron chi connectivity index (χ4n) is 4.15. The number of nitrogens with one attached hydrogen (secondary N) is 1. The predicted molar refractivity (Wildman–Crippen MR) is 110 cm³/mol. The molecule has 0 bridgehead atoms. The number of hydrogen-bond donors (Lipinski definition) is 1. The maximum atomic E-state index is 13.4. The predicted octanol–water partition coefficient (Wildman–Crippen LogP) is 3.29. The van der Waals surface area contributed by atoms with Crippen LogP contribution < -0.4 is 9.64 Å². The lowest BCUT2D eigenvalue weighted by atomic mass is 9.94. The molecule has 2 aromatic rings. The Bertz CT molecular complexity index is 855. The monoisotopic (exact) mass is 398 g/mol. The fraction of sp³-hybridized carbons (Fsp3) is 0.417. The first-order valence-electron chi connectivity index (χ1n) is 10.3.